The van der Waals surface area contributed by atoms with Crippen molar-refractivity contribution in [2.45, 2.75) is 44.0 Å². The first kappa shape index (κ1) is 17.8. The Labute approximate surface area is 131 Å². The number of benzene rings is 1. The predicted molar refractivity (Wildman–Crippen MR) is 85.5 cm³/mol. The molecule has 0 spiro atoms. The van der Waals surface area contributed by atoms with Gasteiger partial charge in [0.1, 0.15) is 4.90 Å². The molecule has 0 aliphatic carbocycles. The largest absolute Gasteiger partial charge is 0.313 e. The Morgan fingerprint density at radius 3 is 2.25 bits per heavy atom. The second-order valence-corrected chi connectivity index (χ2v) is 7.56. The molecule has 6 heteroatoms. The molecule has 0 amide bonds. The third-order valence-corrected chi connectivity index (χ3v) is 5.73. The van der Waals surface area contributed by atoms with Gasteiger partial charge in [-0.3, -0.25) is 0 Å². The van der Waals surface area contributed by atoms with Crippen molar-refractivity contribution in [1.82, 2.24) is 5.32 Å². The molecule has 0 radical (unpaired) electrons. The van der Waals surface area contributed by atoms with Crippen LogP contribution in [0.1, 0.15) is 33.1 Å². The van der Waals surface area contributed by atoms with Gasteiger partial charge in [-0.1, -0.05) is 49.5 Å². The molecule has 114 valence electrons. The van der Waals surface area contributed by atoms with Crippen molar-refractivity contribution in [3.63, 3.8) is 0 Å². The summed E-state index contributed by atoms with van der Waals surface area (Å²) in [7, 11) is -3.50. The van der Waals surface area contributed by atoms with Crippen LogP contribution in [0, 0.1) is 0 Å². The molecule has 1 N–H and O–H groups in total. The van der Waals surface area contributed by atoms with Gasteiger partial charge in [0.05, 0.1) is 15.8 Å². The Morgan fingerprint density at radius 2 is 1.75 bits per heavy atom. The SMILES string of the molecule is CCCNC(CCC)CS(=O)(=O)c1c(Cl)cccc1Cl. The summed E-state index contributed by atoms with van der Waals surface area (Å²) in [5.74, 6) is 0.0181. The standard InChI is InChI=1S/C14H21Cl2NO2S/c1-3-6-11(17-9-4-2)10-20(18,19)14-12(15)7-5-8-13(14)16/h5,7-8,11,17H,3-4,6,9-10H2,1-2H3. The second kappa shape index (κ2) is 8.23. The maximum atomic E-state index is 12.5. The van der Waals surface area contributed by atoms with E-state index in [9.17, 15) is 8.42 Å². The normalized spacial score (nSPS) is 13.4. The molecule has 1 rings (SSSR count). The van der Waals surface area contributed by atoms with Crippen LogP contribution in [0.4, 0.5) is 0 Å². The van der Waals surface area contributed by atoms with Crippen molar-refractivity contribution in [3.05, 3.63) is 28.2 Å². The monoisotopic (exact) mass is 337 g/mol. The molecule has 0 heterocycles. The quantitative estimate of drug-likeness (QED) is 0.781. The van der Waals surface area contributed by atoms with Crippen molar-refractivity contribution in [3.8, 4) is 0 Å². The van der Waals surface area contributed by atoms with Crippen LogP contribution < -0.4 is 5.32 Å². The molecule has 0 fully saturated rings. The summed E-state index contributed by atoms with van der Waals surface area (Å²) in [6, 6.07) is 4.67. The van der Waals surface area contributed by atoms with Crippen LogP contribution in [-0.4, -0.2) is 26.8 Å². The molecule has 0 aliphatic rings. The Balaban J connectivity index is 2.97. The zero-order chi connectivity index (χ0) is 15.2. The van der Waals surface area contributed by atoms with E-state index in [1.54, 1.807) is 18.2 Å². The van der Waals surface area contributed by atoms with Crippen LogP contribution in [0.5, 0.6) is 0 Å². The fourth-order valence-electron chi connectivity index (χ4n) is 2.07. The van der Waals surface area contributed by atoms with Crippen molar-refractivity contribution < 1.29 is 8.42 Å². The summed E-state index contributed by atoms with van der Waals surface area (Å²) in [5, 5.41) is 3.64. The van der Waals surface area contributed by atoms with Gasteiger partial charge in [0.25, 0.3) is 0 Å². The first-order valence-corrected chi connectivity index (χ1v) is 9.23. The summed E-state index contributed by atoms with van der Waals surface area (Å²) in [6.45, 7) is 4.89. The minimum Gasteiger partial charge on any atom is -0.313 e. The van der Waals surface area contributed by atoms with Crippen molar-refractivity contribution in [2.75, 3.05) is 12.3 Å². The number of hydrogen-bond donors (Lipinski definition) is 1. The molecular weight excluding hydrogens is 317 g/mol. The van der Waals surface area contributed by atoms with Crippen LogP contribution in [0.25, 0.3) is 0 Å². The Hall–Kier alpha value is -0.290. The maximum Gasteiger partial charge on any atom is 0.182 e. The lowest BCUT2D eigenvalue weighted by Gasteiger charge is -2.18. The minimum atomic E-state index is -3.50. The number of sulfone groups is 1. The number of rotatable bonds is 8. The molecule has 1 atom stereocenters. The van der Waals surface area contributed by atoms with Crippen LogP contribution >= 0.6 is 23.2 Å². The van der Waals surface area contributed by atoms with E-state index in [4.69, 9.17) is 23.2 Å². The van der Waals surface area contributed by atoms with E-state index in [0.717, 1.165) is 25.8 Å². The predicted octanol–water partition coefficient (Wildman–Crippen LogP) is 3.94. The molecule has 0 bridgehead atoms. The molecule has 1 aromatic rings. The highest BCUT2D eigenvalue weighted by Crippen LogP contribution is 2.30. The van der Waals surface area contributed by atoms with Crippen molar-refractivity contribution in [1.29, 1.82) is 0 Å². The van der Waals surface area contributed by atoms with E-state index in [1.807, 2.05) is 6.92 Å². The third kappa shape index (κ3) is 4.92. The molecule has 20 heavy (non-hydrogen) atoms. The third-order valence-electron chi connectivity index (χ3n) is 2.97. The molecule has 0 aromatic heterocycles. The lowest BCUT2D eigenvalue weighted by atomic mass is 10.2. The van der Waals surface area contributed by atoms with E-state index in [-0.39, 0.29) is 26.7 Å². The van der Waals surface area contributed by atoms with Gasteiger partial charge < -0.3 is 5.32 Å². The van der Waals surface area contributed by atoms with Crippen LogP contribution in [-0.2, 0) is 9.84 Å². The Bertz CT molecular complexity index is 512. The van der Waals surface area contributed by atoms with E-state index in [2.05, 4.69) is 12.2 Å². The molecule has 0 saturated heterocycles. The van der Waals surface area contributed by atoms with Crippen LogP contribution in [0.2, 0.25) is 10.0 Å². The van der Waals surface area contributed by atoms with E-state index < -0.39 is 9.84 Å². The van der Waals surface area contributed by atoms with E-state index in [1.165, 1.54) is 0 Å². The maximum absolute atomic E-state index is 12.5. The van der Waals surface area contributed by atoms with Gasteiger partial charge >= 0.3 is 0 Å². The second-order valence-electron chi connectivity index (χ2n) is 4.77. The molecule has 0 aliphatic heterocycles. The molecule has 1 unspecified atom stereocenters. The highest BCUT2D eigenvalue weighted by atomic mass is 35.5. The summed E-state index contributed by atoms with van der Waals surface area (Å²) in [4.78, 5) is 0.0442. The van der Waals surface area contributed by atoms with Crippen LogP contribution in [0.3, 0.4) is 0 Å². The van der Waals surface area contributed by atoms with Gasteiger partial charge in [-0.15, -0.1) is 0 Å². The van der Waals surface area contributed by atoms with Gasteiger partial charge in [-0.2, -0.15) is 0 Å². The highest BCUT2D eigenvalue weighted by molar-refractivity contribution is 7.91. The molecule has 0 saturated carbocycles. The van der Waals surface area contributed by atoms with Crippen LogP contribution in [0.15, 0.2) is 23.1 Å². The average molecular weight is 338 g/mol. The van der Waals surface area contributed by atoms with Crippen molar-refractivity contribution in [2.24, 2.45) is 0 Å². The fourth-order valence-corrected chi connectivity index (χ4v) is 4.88. The summed E-state index contributed by atoms with van der Waals surface area (Å²) >= 11 is 12.0. The highest BCUT2D eigenvalue weighted by Gasteiger charge is 2.25. The Morgan fingerprint density at radius 1 is 1.15 bits per heavy atom. The van der Waals surface area contributed by atoms with Gasteiger partial charge in [0.15, 0.2) is 9.84 Å². The molecular formula is C14H21Cl2NO2S. The number of nitrogens with one attached hydrogen (secondary N) is 1. The minimum absolute atomic E-state index is 0.0181. The topological polar surface area (TPSA) is 46.2 Å². The van der Waals surface area contributed by atoms with E-state index >= 15 is 0 Å². The smallest absolute Gasteiger partial charge is 0.182 e. The zero-order valence-corrected chi connectivity index (χ0v) is 14.2. The zero-order valence-electron chi connectivity index (χ0n) is 11.8. The molecule has 1 aromatic carbocycles. The summed E-state index contributed by atoms with van der Waals surface area (Å²) < 4.78 is 25.0. The lowest BCUT2D eigenvalue weighted by Crippen LogP contribution is -2.36. The Kier molecular flexibility index (Phi) is 7.30. The number of hydrogen-bond acceptors (Lipinski definition) is 3. The van der Waals surface area contributed by atoms with Gasteiger partial charge in [-0.25, -0.2) is 8.42 Å². The van der Waals surface area contributed by atoms with Gasteiger partial charge in [0.2, 0.25) is 0 Å². The van der Waals surface area contributed by atoms with Gasteiger partial charge in [-0.05, 0) is 31.5 Å². The van der Waals surface area contributed by atoms with Gasteiger partial charge in [0, 0.05) is 6.04 Å². The lowest BCUT2D eigenvalue weighted by molar-refractivity contribution is 0.500. The first-order chi connectivity index (χ1) is 9.42. The summed E-state index contributed by atoms with van der Waals surface area (Å²) in [6.07, 6.45) is 2.70. The first-order valence-electron chi connectivity index (χ1n) is 6.82. The average Bonchev–Trinajstić information content (AvgIpc) is 2.35. The van der Waals surface area contributed by atoms with E-state index in [0.29, 0.717) is 0 Å². The fraction of sp³-hybridized carbons (Fsp3) is 0.571. The van der Waals surface area contributed by atoms with Crippen molar-refractivity contribution >= 4 is 33.0 Å². The molecule has 3 nitrogen and oxygen atoms in total. The summed E-state index contributed by atoms with van der Waals surface area (Å²) in [5.41, 5.74) is 0. The number of halogens is 2.